The van der Waals surface area contributed by atoms with E-state index >= 15 is 0 Å². The summed E-state index contributed by atoms with van der Waals surface area (Å²) in [5, 5.41) is 4.91. The van der Waals surface area contributed by atoms with Gasteiger partial charge in [-0.1, -0.05) is 12.1 Å². The highest BCUT2D eigenvalue weighted by atomic mass is 32.1. The van der Waals surface area contributed by atoms with E-state index in [-0.39, 0.29) is 0 Å². The van der Waals surface area contributed by atoms with Gasteiger partial charge in [-0.05, 0) is 42.0 Å². The summed E-state index contributed by atoms with van der Waals surface area (Å²) >= 11 is 1.29. The van der Waals surface area contributed by atoms with Crippen LogP contribution in [0.2, 0.25) is 0 Å². The number of nitrogens with zero attached hydrogens (tertiary/aromatic N) is 1. The van der Waals surface area contributed by atoms with Crippen LogP contribution >= 0.6 is 11.3 Å². The number of methoxy groups -OCH3 is 2. The summed E-state index contributed by atoms with van der Waals surface area (Å²) in [5.74, 6) is -0.264. The summed E-state index contributed by atoms with van der Waals surface area (Å²) in [5.41, 5.74) is 2.96. The van der Waals surface area contributed by atoms with E-state index in [1.807, 2.05) is 29.6 Å². The zero-order chi connectivity index (χ0) is 20.6. The van der Waals surface area contributed by atoms with Gasteiger partial charge in [0, 0.05) is 18.1 Å². The van der Waals surface area contributed by atoms with Crippen molar-refractivity contribution in [3.05, 3.63) is 65.0 Å². The van der Waals surface area contributed by atoms with Crippen molar-refractivity contribution in [3.8, 4) is 17.0 Å². The van der Waals surface area contributed by atoms with Crippen LogP contribution in [0.1, 0.15) is 15.9 Å². The van der Waals surface area contributed by atoms with Crippen molar-refractivity contribution in [1.29, 1.82) is 0 Å². The lowest BCUT2D eigenvalue weighted by atomic mass is 10.1. The first-order valence-electron chi connectivity index (χ1n) is 8.74. The molecule has 3 rings (SSSR count). The highest BCUT2D eigenvalue weighted by Crippen LogP contribution is 2.26. The number of nitrogens with one attached hydrogen (secondary N) is 1. The van der Waals surface area contributed by atoms with E-state index in [2.05, 4.69) is 10.3 Å². The van der Waals surface area contributed by atoms with Crippen LogP contribution in [0.25, 0.3) is 11.3 Å². The third-order valence-electron chi connectivity index (χ3n) is 3.97. The largest absolute Gasteiger partial charge is 0.497 e. The van der Waals surface area contributed by atoms with Gasteiger partial charge in [0.15, 0.2) is 11.7 Å². The predicted molar refractivity (Wildman–Crippen MR) is 110 cm³/mol. The van der Waals surface area contributed by atoms with E-state index in [0.29, 0.717) is 17.3 Å². The Labute approximate surface area is 172 Å². The molecule has 1 heterocycles. The maximum Gasteiger partial charge on any atom is 0.338 e. The van der Waals surface area contributed by atoms with Gasteiger partial charge in [0.25, 0.3) is 5.91 Å². The van der Waals surface area contributed by atoms with E-state index in [1.165, 1.54) is 11.3 Å². The summed E-state index contributed by atoms with van der Waals surface area (Å²) in [6.45, 7) is 0.0696. The van der Waals surface area contributed by atoms with Crippen molar-refractivity contribution < 1.29 is 23.8 Å². The Balaban J connectivity index is 1.51. The number of aromatic nitrogens is 1. The topological polar surface area (TPSA) is 86.8 Å². The molecule has 0 radical (unpaired) electrons. The van der Waals surface area contributed by atoms with Crippen LogP contribution < -0.4 is 10.1 Å². The van der Waals surface area contributed by atoms with E-state index in [1.54, 1.807) is 38.5 Å². The monoisotopic (exact) mass is 412 g/mol. The molecule has 1 amide bonds. The molecule has 8 heteroatoms. The molecule has 7 nitrogen and oxygen atoms in total. The smallest absolute Gasteiger partial charge is 0.338 e. The van der Waals surface area contributed by atoms with Crippen molar-refractivity contribution in [2.75, 3.05) is 26.1 Å². The molecular formula is C21H20N2O5S. The first kappa shape index (κ1) is 20.5. The molecule has 0 saturated carbocycles. The minimum Gasteiger partial charge on any atom is -0.497 e. The molecule has 0 fully saturated rings. The Morgan fingerprint density at radius 1 is 1.03 bits per heavy atom. The molecule has 1 aromatic heterocycles. The number of benzene rings is 2. The normalized spacial score (nSPS) is 10.4. The number of ether oxygens (including phenoxy) is 3. The van der Waals surface area contributed by atoms with Crippen LogP contribution in [0.3, 0.4) is 0 Å². The van der Waals surface area contributed by atoms with E-state index in [4.69, 9.17) is 14.2 Å². The van der Waals surface area contributed by atoms with Crippen LogP contribution in [0.15, 0.2) is 53.9 Å². The lowest BCUT2D eigenvalue weighted by Crippen LogP contribution is -2.20. The second kappa shape index (κ2) is 9.81. The molecule has 0 aliphatic rings. The molecule has 0 atom stereocenters. The highest BCUT2D eigenvalue weighted by molar-refractivity contribution is 7.14. The van der Waals surface area contributed by atoms with E-state index < -0.39 is 18.5 Å². The van der Waals surface area contributed by atoms with Crippen molar-refractivity contribution in [3.63, 3.8) is 0 Å². The Kier molecular flexibility index (Phi) is 6.94. The minimum atomic E-state index is -0.567. The van der Waals surface area contributed by atoms with Crippen LogP contribution in [0.5, 0.6) is 5.75 Å². The van der Waals surface area contributed by atoms with Gasteiger partial charge >= 0.3 is 5.97 Å². The standard InChI is InChI=1S/C21H20N2O5S/c1-26-11-14-3-5-16(6-4-14)20(25)28-12-19(24)23-21-22-18(13-29-21)15-7-9-17(27-2)10-8-15/h3-10,13H,11-12H2,1-2H3,(H,22,23,24). The number of esters is 1. The zero-order valence-corrected chi connectivity index (χ0v) is 16.8. The molecular weight excluding hydrogens is 392 g/mol. The van der Waals surface area contributed by atoms with E-state index in [9.17, 15) is 9.59 Å². The number of hydrogen-bond donors (Lipinski definition) is 1. The van der Waals surface area contributed by atoms with Crippen molar-refractivity contribution >= 4 is 28.3 Å². The summed E-state index contributed by atoms with van der Waals surface area (Å²) in [6, 6.07) is 14.3. The quantitative estimate of drug-likeness (QED) is 0.567. The van der Waals surface area contributed by atoms with Gasteiger partial charge in [0.05, 0.1) is 25.0 Å². The summed E-state index contributed by atoms with van der Waals surface area (Å²) in [7, 11) is 3.21. The molecule has 0 aliphatic heterocycles. The number of carbonyl (C=O) groups excluding carboxylic acids is 2. The Hall–Kier alpha value is -3.23. The lowest BCUT2D eigenvalue weighted by Gasteiger charge is -2.06. The van der Waals surface area contributed by atoms with Gasteiger partial charge < -0.3 is 14.2 Å². The predicted octanol–water partition coefficient (Wildman–Crippen LogP) is 3.76. The second-order valence-corrected chi connectivity index (χ2v) is 6.88. The average molecular weight is 412 g/mol. The molecule has 1 N–H and O–H groups in total. The molecule has 0 unspecified atom stereocenters. The minimum absolute atomic E-state index is 0.369. The number of amides is 1. The van der Waals surface area contributed by atoms with Gasteiger partial charge in [0.2, 0.25) is 0 Å². The maximum atomic E-state index is 12.1. The molecule has 150 valence electrons. The first-order chi connectivity index (χ1) is 14.1. The molecule has 0 aliphatic carbocycles. The van der Waals surface area contributed by atoms with Gasteiger partial charge in [-0.25, -0.2) is 9.78 Å². The van der Waals surface area contributed by atoms with Crippen molar-refractivity contribution in [1.82, 2.24) is 4.98 Å². The van der Waals surface area contributed by atoms with Gasteiger partial charge in [-0.3, -0.25) is 10.1 Å². The Morgan fingerprint density at radius 3 is 2.41 bits per heavy atom. The fourth-order valence-electron chi connectivity index (χ4n) is 2.50. The molecule has 2 aromatic carbocycles. The number of thiazole rings is 1. The second-order valence-electron chi connectivity index (χ2n) is 6.02. The number of carbonyl (C=O) groups is 2. The Morgan fingerprint density at radius 2 is 1.76 bits per heavy atom. The van der Waals surface area contributed by atoms with Gasteiger partial charge in [-0.15, -0.1) is 11.3 Å². The third kappa shape index (κ3) is 5.63. The average Bonchev–Trinajstić information content (AvgIpc) is 3.21. The van der Waals surface area contributed by atoms with Gasteiger partial charge in [0.1, 0.15) is 5.75 Å². The third-order valence-corrected chi connectivity index (χ3v) is 4.73. The molecule has 0 bridgehead atoms. The van der Waals surface area contributed by atoms with Crippen LogP contribution in [0.4, 0.5) is 5.13 Å². The summed E-state index contributed by atoms with van der Waals surface area (Å²) in [4.78, 5) is 28.5. The zero-order valence-electron chi connectivity index (χ0n) is 16.0. The first-order valence-corrected chi connectivity index (χ1v) is 9.62. The maximum absolute atomic E-state index is 12.1. The SMILES string of the molecule is COCc1ccc(C(=O)OCC(=O)Nc2nc(-c3ccc(OC)cc3)cs2)cc1. The van der Waals surface area contributed by atoms with E-state index in [0.717, 1.165) is 22.6 Å². The van der Waals surface area contributed by atoms with Crippen LogP contribution in [0, 0.1) is 0 Å². The number of anilines is 1. The summed E-state index contributed by atoms with van der Waals surface area (Å²) in [6.07, 6.45) is 0. The van der Waals surface area contributed by atoms with Crippen LogP contribution in [-0.2, 0) is 20.9 Å². The molecule has 29 heavy (non-hydrogen) atoms. The van der Waals surface area contributed by atoms with Crippen molar-refractivity contribution in [2.45, 2.75) is 6.61 Å². The van der Waals surface area contributed by atoms with Gasteiger partial charge in [-0.2, -0.15) is 0 Å². The molecule has 0 saturated heterocycles. The Bertz CT molecular complexity index is 967. The molecule has 0 spiro atoms. The number of hydrogen-bond acceptors (Lipinski definition) is 7. The fourth-order valence-corrected chi connectivity index (χ4v) is 3.23. The fraction of sp³-hybridized carbons (Fsp3) is 0.190. The molecule has 3 aromatic rings. The number of rotatable bonds is 8. The van der Waals surface area contributed by atoms with Crippen LogP contribution in [-0.4, -0.2) is 37.7 Å². The van der Waals surface area contributed by atoms with Crippen molar-refractivity contribution in [2.24, 2.45) is 0 Å². The highest BCUT2D eigenvalue weighted by Gasteiger charge is 2.12. The summed E-state index contributed by atoms with van der Waals surface area (Å²) < 4.78 is 15.2. The lowest BCUT2D eigenvalue weighted by molar-refractivity contribution is -0.119.